The van der Waals surface area contributed by atoms with E-state index in [4.69, 9.17) is 16.3 Å². The van der Waals surface area contributed by atoms with Crippen LogP contribution in [0.1, 0.15) is 45.6 Å². The molecule has 5 nitrogen and oxygen atoms in total. The largest absolute Gasteiger partial charge is 0.484 e. The first kappa shape index (κ1) is 22.3. The number of rotatable bonds is 7. The van der Waals surface area contributed by atoms with Crippen LogP contribution in [0.2, 0.25) is 5.02 Å². The lowest BCUT2D eigenvalue weighted by atomic mass is 10.1. The number of hydrogen-bond acceptors (Lipinski definition) is 4. The van der Waals surface area contributed by atoms with Crippen molar-refractivity contribution in [2.24, 2.45) is 0 Å². The zero-order valence-corrected chi connectivity index (χ0v) is 18.9. The number of hydrogen-bond donors (Lipinski definition) is 2. The molecule has 1 aliphatic rings. The maximum atomic E-state index is 11.9. The first-order chi connectivity index (χ1) is 14.3. The molecule has 6 heteroatoms. The molecule has 0 saturated carbocycles. The van der Waals surface area contributed by atoms with Gasteiger partial charge >= 0.3 is 0 Å². The second kappa shape index (κ2) is 10.1. The molecular weight excluding hydrogens is 398 g/mol. The monoisotopic (exact) mass is 429 g/mol. The zero-order chi connectivity index (χ0) is 21.6. The quantitative estimate of drug-likeness (QED) is 0.632. The summed E-state index contributed by atoms with van der Waals surface area (Å²) in [6, 6.07) is 13.9. The van der Waals surface area contributed by atoms with E-state index in [0.717, 1.165) is 35.1 Å². The molecule has 1 saturated heterocycles. The molecule has 162 valence electrons. The van der Waals surface area contributed by atoms with Gasteiger partial charge in [-0.25, -0.2) is 0 Å². The van der Waals surface area contributed by atoms with E-state index in [9.17, 15) is 4.79 Å². The first-order valence-corrected chi connectivity index (χ1v) is 11.0. The number of halogens is 1. The lowest BCUT2D eigenvalue weighted by Gasteiger charge is -2.29. The number of anilines is 2. The number of amides is 1. The van der Waals surface area contributed by atoms with Crippen molar-refractivity contribution >= 4 is 28.9 Å². The van der Waals surface area contributed by atoms with Gasteiger partial charge in [-0.05, 0) is 75.9 Å². The van der Waals surface area contributed by atoms with E-state index < -0.39 is 0 Å². The fourth-order valence-electron chi connectivity index (χ4n) is 3.52. The predicted molar refractivity (Wildman–Crippen MR) is 125 cm³/mol. The molecule has 2 N–H and O–H groups in total. The van der Waals surface area contributed by atoms with Gasteiger partial charge in [-0.3, -0.25) is 4.79 Å². The minimum absolute atomic E-state index is 0.0106. The highest BCUT2D eigenvalue weighted by atomic mass is 35.5. The number of ether oxygens (including phenoxy) is 1. The van der Waals surface area contributed by atoms with Crippen LogP contribution in [0.3, 0.4) is 0 Å². The molecule has 3 rings (SSSR count). The third-order valence-corrected chi connectivity index (χ3v) is 5.25. The number of piperidine rings is 1. The van der Waals surface area contributed by atoms with Gasteiger partial charge in [0.1, 0.15) is 5.75 Å². The van der Waals surface area contributed by atoms with E-state index in [1.165, 1.54) is 19.3 Å². The molecule has 1 heterocycles. The molecule has 0 atom stereocenters. The van der Waals surface area contributed by atoms with Gasteiger partial charge in [0.05, 0.1) is 10.7 Å². The molecule has 2 aromatic rings. The number of nitrogens with zero attached hydrogens (tertiary/aromatic N) is 1. The lowest BCUT2D eigenvalue weighted by Crippen LogP contribution is -2.43. The number of carbonyl (C=O) groups is 1. The van der Waals surface area contributed by atoms with E-state index in [1.54, 1.807) is 0 Å². The van der Waals surface area contributed by atoms with E-state index in [1.807, 2.05) is 51.1 Å². The van der Waals surface area contributed by atoms with Crippen molar-refractivity contribution in [2.75, 3.05) is 29.9 Å². The van der Waals surface area contributed by atoms with Gasteiger partial charge in [0, 0.05) is 30.9 Å². The summed E-state index contributed by atoms with van der Waals surface area (Å²) in [5.41, 5.74) is 2.99. The van der Waals surface area contributed by atoms with Crippen LogP contribution in [-0.2, 0) is 11.3 Å². The van der Waals surface area contributed by atoms with Gasteiger partial charge in [0.15, 0.2) is 6.61 Å². The molecule has 30 heavy (non-hydrogen) atoms. The molecule has 0 radical (unpaired) electrons. The van der Waals surface area contributed by atoms with Crippen LogP contribution >= 0.6 is 11.6 Å². The fourth-order valence-corrected chi connectivity index (χ4v) is 3.82. The van der Waals surface area contributed by atoms with E-state index in [0.29, 0.717) is 12.3 Å². The average molecular weight is 430 g/mol. The summed E-state index contributed by atoms with van der Waals surface area (Å²) in [6.07, 6.45) is 3.77. The van der Waals surface area contributed by atoms with Crippen LogP contribution in [0.5, 0.6) is 5.75 Å². The number of nitrogens with one attached hydrogen (secondary N) is 2. The van der Waals surface area contributed by atoms with Gasteiger partial charge in [-0.15, -0.1) is 0 Å². The van der Waals surface area contributed by atoms with Crippen LogP contribution in [0.25, 0.3) is 0 Å². The highest BCUT2D eigenvalue weighted by molar-refractivity contribution is 6.33. The molecule has 1 fully saturated rings. The highest BCUT2D eigenvalue weighted by Crippen LogP contribution is 2.31. The summed E-state index contributed by atoms with van der Waals surface area (Å²) in [7, 11) is 0. The smallest absolute Gasteiger partial charge is 0.258 e. The molecule has 1 aliphatic heterocycles. The predicted octanol–water partition coefficient (Wildman–Crippen LogP) is 5.24. The van der Waals surface area contributed by atoms with Crippen LogP contribution in [-0.4, -0.2) is 31.1 Å². The molecule has 0 bridgehead atoms. The standard InChI is InChI=1S/C24H32ClN3O2/c1-24(2,3)27-23(29)17-30-20-10-7-18(8-11-20)16-26-19-9-12-22(21(25)15-19)28-13-5-4-6-14-28/h7-12,15,26H,4-6,13-14,16-17H2,1-3H3,(H,27,29). The molecule has 0 aliphatic carbocycles. The summed E-state index contributed by atoms with van der Waals surface area (Å²) in [5.74, 6) is 0.551. The van der Waals surface area contributed by atoms with Crippen molar-refractivity contribution in [3.63, 3.8) is 0 Å². The summed E-state index contributed by atoms with van der Waals surface area (Å²) in [6.45, 7) is 8.70. The Morgan fingerprint density at radius 3 is 2.40 bits per heavy atom. The summed E-state index contributed by atoms with van der Waals surface area (Å²) in [5, 5.41) is 7.09. The Bertz CT molecular complexity index is 841. The number of benzene rings is 2. The van der Waals surface area contributed by atoms with Crippen molar-refractivity contribution in [2.45, 2.75) is 52.1 Å². The Morgan fingerprint density at radius 1 is 1.07 bits per heavy atom. The molecular formula is C24H32ClN3O2. The lowest BCUT2D eigenvalue weighted by molar-refractivity contribution is -0.124. The maximum absolute atomic E-state index is 11.9. The summed E-state index contributed by atoms with van der Waals surface area (Å²) in [4.78, 5) is 14.2. The first-order valence-electron chi connectivity index (χ1n) is 10.6. The normalized spacial score (nSPS) is 14.3. The Hall–Kier alpha value is -2.40. The molecule has 1 amide bonds. The third-order valence-electron chi connectivity index (χ3n) is 4.95. The van der Waals surface area contributed by atoms with E-state index in [-0.39, 0.29) is 18.1 Å². The number of carbonyl (C=O) groups excluding carboxylic acids is 1. The highest BCUT2D eigenvalue weighted by Gasteiger charge is 2.15. The fraction of sp³-hybridized carbons (Fsp3) is 0.458. The zero-order valence-electron chi connectivity index (χ0n) is 18.1. The second-order valence-electron chi connectivity index (χ2n) is 8.80. The van der Waals surface area contributed by atoms with Crippen LogP contribution in [0.15, 0.2) is 42.5 Å². The van der Waals surface area contributed by atoms with Crippen LogP contribution < -0.4 is 20.3 Å². The van der Waals surface area contributed by atoms with E-state index in [2.05, 4.69) is 27.7 Å². The van der Waals surface area contributed by atoms with Gasteiger partial charge in [-0.1, -0.05) is 23.7 Å². The summed E-state index contributed by atoms with van der Waals surface area (Å²) < 4.78 is 5.56. The van der Waals surface area contributed by atoms with Crippen molar-refractivity contribution < 1.29 is 9.53 Å². The minimum atomic E-state index is -0.259. The molecule has 2 aromatic carbocycles. The average Bonchev–Trinajstić information content (AvgIpc) is 2.71. The van der Waals surface area contributed by atoms with Crippen molar-refractivity contribution in [3.8, 4) is 5.75 Å². The third kappa shape index (κ3) is 6.84. The van der Waals surface area contributed by atoms with Crippen molar-refractivity contribution in [1.29, 1.82) is 0 Å². The molecule has 0 unspecified atom stereocenters. The second-order valence-corrected chi connectivity index (χ2v) is 9.21. The summed E-state index contributed by atoms with van der Waals surface area (Å²) >= 11 is 6.53. The Morgan fingerprint density at radius 2 is 1.77 bits per heavy atom. The Labute approximate surface area is 184 Å². The van der Waals surface area contributed by atoms with Crippen LogP contribution in [0.4, 0.5) is 11.4 Å². The van der Waals surface area contributed by atoms with E-state index >= 15 is 0 Å². The Kier molecular flexibility index (Phi) is 7.48. The maximum Gasteiger partial charge on any atom is 0.258 e. The SMILES string of the molecule is CC(C)(C)NC(=O)COc1ccc(CNc2ccc(N3CCCCC3)c(Cl)c2)cc1. The molecule has 0 aromatic heterocycles. The van der Waals surface area contributed by atoms with Crippen LogP contribution in [0, 0.1) is 0 Å². The van der Waals surface area contributed by atoms with Gasteiger partial charge in [-0.2, -0.15) is 0 Å². The van der Waals surface area contributed by atoms with Gasteiger partial charge < -0.3 is 20.3 Å². The minimum Gasteiger partial charge on any atom is -0.484 e. The Balaban J connectivity index is 1.49. The van der Waals surface area contributed by atoms with Crippen molar-refractivity contribution in [3.05, 3.63) is 53.1 Å². The van der Waals surface area contributed by atoms with Crippen molar-refractivity contribution in [1.82, 2.24) is 5.32 Å². The topological polar surface area (TPSA) is 53.6 Å². The molecule has 0 spiro atoms. The van der Waals surface area contributed by atoms with Gasteiger partial charge in [0.25, 0.3) is 5.91 Å². The van der Waals surface area contributed by atoms with Gasteiger partial charge in [0.2, 0.25) is 0 Å².